The molecule has 0 aliphatic carbocycles. The van der Waals surface area contributed by atoms with E-state index in [1.54, 1.807) is 4.90 Å². The highest BCUT2D eigenvalue weighted by atomic mass is 32.2. The number of nitro benzene ring substituents is 1. The summed E-state index contributed by atoms with van der Waals surface area (Å²) in [5, 5.41) is 11.1. The van der Waals surface area contributed by atoms with Gasteiger partial charge in [-0.1, -0.05) is 0 Å². The van der Waals surface area contributed by atoms with Crippen molar-refractivity contribution in [1.82, 2.24) is 4.90 Å². The van der Waals surface area contributed by atoms with Crippen LogP contribution >= 0.6 is 0 Å². The van der Waals surface area contributed by atoms with E-state index in [1.807, 2.05) is 0 Å². The van der Waals surface area contributed by atoms with E-state index in [9.17, 15) is 22.9 Å². The van der Waals surface area contributed by atoms with Crippen molar-refractivity contribution in [1.29, 1.82) is 0 Å². The fraction of sp³-hybridized carbons (Fsp3) is 0.571. The lowest BCUT2D eigenvalue weighted by Crippen LogP contribution is -2.50. The molecule has 2 saturated heterocycles. The summed E-state index contributed by atoms with van der Waals surface area (Å²) < 4.78 is 36.6. The average Bonchev–Trinajstić information content (AvgIpc) is 2.87. The molecular formula is C14H18FN3O4S. The molecule has 2 aliphatic rings. The molecule has 2 fully saturated rings. The molecule has 126 valence electrons. The highest BCUT2D eigenvalue weighted by Gasteiger charge is 2.34. The van der Waals surface area contributed by atoms with Crippen molar-refractivity contribution in [3.05, 3.63) is 34.1 Å². The maximum Gasteiger partial charge on any atom is 0.292 e. The molecule has 2 heterocycles. The van der Waals surface area contributed by atoms with Gasteiger partial charge in [-0.2, -0.15) is 0 Å². The summed E-state index contributed by atoms with van der Waals surface area (Å²) in [6, 6.07) is 3.49. The van der Waals surface area contributed by atoms with Gasteiger partial charge in [-0.05, 0) is 12.5 Å². The fourth-order valence-electron chi connectivity index (χ4n) is 3.30. The van der Waals surface area contributed by atoms with Crippen molar-refractivity contribution in [3.63, 3.8) is 0 Å². The number of hydrogen-bond acceptors (Lipinski definition) is 6. The molecule has 0 radical (unpaired) electrons. The minimum absolute atomic E-state index is 0.0321. The molecule has 9 heteroatoms. The van der Waals surface area contributed by atoms with Gasteiger partial charge in [-0.25, -0.2) is 12.8 Å². The number of nitrogens with zero attached hydrogens (tertiary/aromatic N) is 3. The molecule has 7 nitrogen and oxygen atoms in total. The summed E-state index contributed by atoms with van der Waals surface area (Å²) in [4.78, 5) is 14.5. The molecule has 0 saturated carbocycles. The van der Waals surface area contributed by atoms with Gasteiger partial charge in [0.15, 0.2) is 9.84 Å². The van der Waals surface area contributed by atoms with Gasteiger partial charge < -0.3 is 4.90 Å². The van der Waals surface area contributed by atoms with Gasteiger partial charge in [0, 0.05) is 44.4 Å². The molecule has 1 aromatic rings. The monoisotopic (exact) mass is 343 g/mol. The lowest BCUT2D eigenvalue weighted by Gasteiger charge is -2.38. The fourth-order valence-corrected chi connectivity index (χ4v) is 5.06. The summed E-state index contributed by atoms with van der Waals surface area (Å²) in [5.74, 6) is -0.0877. The Bertz CT molecular complexity index is 717. The Morgan fingerprint density at radius 2 is 1.91 bits per heavy atom. The number of benzene rings is 1. The van der Waals surface area contributed by atoms with Crippen LogP contribution in [-0.2, 0) is 9.84 Å². The number of halogens is 1. The predicted molar refractivity (Wildman–Crippen MR) is 83.9 cm³/mol. The summed E-state index contributed by atoms with van der Waals surface area (Å²) in [6.07, 6.45) is 0.641. The third-order valence-corrected chi connectivity index (χ3v) is 6.26. The smallest absolute Gasteiger partial charge is 0.292 e. The Labute approximate surface area is 133 Å². The topological polar surface area (TPSA) is 83.8 Å². The molecule has 1 unspecified atom stereocenters. The quantitative estimate of drug-likeness (QED) is 0.602. The molecule has 1 atom stereocenters. The maximum atomic E-state index is 13.4. The Morgan fingerprint density at radius 3 is 2.48 bits per heavy atom. The first kappa shape index (κ1) is 16.1. The molecule has 0 spiro atoms. The van der Waals surface area contributed by atoms with E-state index < -0.39 is 20.6 Å². The third-order valence-electron chi connectivity index (χ3n) is 4.51. The minimum atomic E-state index is -2.93. The van der Waals surface area contributed by atoms with Crippen LogP contribution in [0.1, 0.15) is 6.42 Å². The number of rotatable bonds is 3. The Morgan fingerprint density at radius 1 is 1.22 bits per heavy atom. The zero-order chi connectivity index (χ0) is 16.6. The number of anilines is 1. The van der Waals surface area contributed by atoms with E-state index in [4.69, 9.17) is 0 Å². The van der Waals surface area contributed by atoms with Crippen LogP contribution in [-0.4, -0.2) is 62.0 Å². The Kier molecular flexibility index (Phi) is 4.24. The molecule has 0 N–H and O–H groups in total. The molecule has 1 aromatic carbocycles. The van der Waals surface area contributed by atoms with Gasteiger partial charge >= 0.3 is 0 Å². The van der Waals surface area contributed by atoms with Gasteiger partial charge in [0.05, 0.1) is 16.4 Å². The second-order valence-corrected chi connectivity index (χ2v) is 8.20. The summed E-state index contributed by atoms with van der Waals surface area (Å²) in [6.45, 7) is 2.27. The van der Waals surface area contributed by atoms with E-state index in [-0.39, 0.29) is 28.9 Å². The van der Waals surface area contributed by atoms with Crippen LogP contribution in [0, 0.1) is 15.9 Å². The number of sulfone groups is 1. The van der Waals surface area contributed by atoms with E-state index in [1.165, 1.54) is 12.1 Å². The minimum Gasteiger partial charge on any atom is -0.363 e. The molecule has 23 heavy (non-hydrogen) atoms. The number of hydrogen-bond donors (Lipinski definition) is 0. The Hall–Kier alpha value is -1.74. The highest BCUT2D eigenvalue weighted by molar-refractivity contribution is 7.91. The first-order valence-electron chi connectivity index (χ1n) is 7.49. The molecular weight excluding hydrogens is 325 g/mol. The largest absolute Gasteiger partial charge is 0.363 e. The van der Waals surface area contributed by atoms with Crippen LogP contribution in [0.5, 0.6) is 0 Å². The Balaban J connectivity index is 1.70. The standard InChI is InChI=1S/C14H18FN3O4S/c15-11-1-2-13(18(19)20)14(9-11)17-6-4-16(5-7-17)12-3-8-23(21,22)10-12/h1-2,9,12H,3-8,10H2. The molecule has 0 bridgehead atoms. The number of nitro groups is 1. The van der Waals surface area contributed by atoms with Crippen molar-refractivity contribution < 1.29 is 17.7 Å². The van der Waals surface area contributed by atoms with Crippen molar-refractivity contribution in [2.24, 2.45) is 0 Å². The van der Waals surface area contributed by atoms with Gasteiger partial charge in [-0.3, -0.25) is 15.0 Å². The van der Waals surface area contributed by atoms with Crippen molar-refractivity contribution in [2.45, 2.75) is 12.5 Å². The van der Waals surface area contributed by atoms with Crippen molar-refractivity contribution >= 4 is 21.2 Å². The summed E-state index contributed by atoms with van der Waals surface area (Å²) >= 11 is 0. The molecule has 0 aromatic heterocycles. The lowest BCUT2D eigenvalue weighted by molar-refractivity contribution is -0.384. The first-order valence-corrected chi connectivity index (χ1v) is 9.31. The van der Waals surface area contributed by atoms with Crippen LogP contribution in [0.2, 0.25) is 0 Å². The van der Waals surface area contributed by atoms with E-state index in [0.29, 0.717) is 32.6 Å². The van der Waals surface area contributed by atoms with Crippen LogP contribution < -0.4 is 4.90 Å². The number of piperazine rings is 1. The second kappa shape index (κ2) is 6.04. The van der Waals surface area contributed by atoms with Crippen LogP contribution in [0.3, 0.4) is 0 Å². The first-order chi connectivity index (χ1) is 10.9. The molecule has 2 aliphatic heterocycles. The second-order valence-electron chi connectivity index (χ2n) is 5.97. The third kappa shape index (κ3) is 3.45. The van der Waals surface area contributed by atoms with Gasteiger partial charge in [0.1, 0.15) is 11.5 Å². The zero-order valence-electron chi connectivity index (χ0n) is 12.5. The SMILES string of the molecule is O=[N+]([O-])c1ccc(F)cc1N1CCN(C2CCS(=O)(=O)C2)CC1. The van der Waals surface area contributed by atoms with E-state index in [2.05, 4.69) is 4.90 Å². The van der Waals surface area contributed by atoms with Crippen LogP contribution in [0.25, 0.3) is 0 Å². The molecule has 3 rings (SSSR count). The lowest BCUT2D eigenvalue weighted by atomic mass is 10.1. The molecule has 0 amide bonds. The normalized spacial score (nSPS) is 24.7. The maximum absolute atomic E-state index is 13.4. The van der Waals surface area contributed by atoms with Gasteiger partial charge in [0.25, 0.3) is 5.69 Å². The zero-order valence-corrected chi connectivity index (χ0v) is 13.3. The summed E-state index contributed by atoms with van der Waals surface area (Å²) in [5.41, 5.74) is 0.178. The van der Waals surface area contributed by atoms with E-state index >= 15 is 0 Å². The van der Waals surface area contributed by atoms with E-state index in [0.717, 1.165) is 6.07 Å². The van der Waals surface area contributed by atoms with Crippen LogP contribution in [0.4, 0.5) is 15.8 Å². The highest BCUT2D eigenvalue weighted by Crippen LogP contribution is 2.30. The van der Waals surface area contributed by atoms with Crippen molar-refractivity contribution in [2.75, 3.05) is 42.6 Å². The average molecular weight is 343 g/mol. The summed E-state index contributed by atoms with van der Waals surface area (Å²) in [7, 11) is -2.93. The van der Waals surface area contributed by atoms with Crippen LogP contribution in [0.15, 0.2) is 18.2 Å². The van der Waals surface area contributed by atoms with Gasteiger partial charge in [0.2, 0.25) is 0 Å². The predicted octanol–water partition coefficient (Wildman–Crippen LogP) is 1.04. The van der Waals surface area contributed by atoms with Crippen molar-refractivity contribution in [3.8, 4) is 0 Å². The van der Waals surface area contributed by atoms with Gasteiger partial charge in [-0.15, -0.1) is 0 Å².